The highest BCUT2D eigenvalue weighted by atomic mass is 35.5. The van der Waals surface area contributed by atoms with E-state index < -0.39 is 11.9 Å². The largest absolute Gasteiger partial charge is 0.481 e. The number of carboxylic acids is 1. The number of pyridine rings is 1. The summed E-state index contributed by atoms with van der Waals surface area (Å²) in [4.78, 5) is 41.6. The number of amides is 1. The number of halogens is 2. The van der Waals surface area contributed by atoms with E-state index in [-0.39, 0.29) is 49.2 Å². The Balaban J connectivity index is 0.00000182. The summed E-state index contributed by atoms with van der Waals surface area (Å²) in [7, 11) is 1.74. The molecule has 1 aliphatic rings. The number of aromatic nitrogens is 3. The zero-order valence-electron chi connectivity index (χ0n) is 15.4. The minimum absolute atomic E-state index is 0. The van der Waals surface area contributed by atoms with Gasteiger partial charge >= 0.3 is 5.97 Å². The van der Waals surface area contributed by atoms with Crippen LogP contribution < -0.4 is 5.56 Å². The second kappa shape index (κ2) is 8.75. The summed E-state index contributed by atoms with van der Waals surface area (Å²) in [5, 5.41) is 12.3. The van der Waals surface area contributed by atoms with Gasteiger partial charge in [0.15, 0.2) is 5.65 Å². The molecule has 2 N–H and O–H groups in total. The lowest BCUT2D eigenvalue weighted by atomic mass is 10.00. The van der Waals surface area contributed by atoms with E-state index in [1.165, 1.54) is 0 Å². The SMILES string of the molecule is Cc1nc2c(c(C)c1CCC(=O)N1CCC(C(=O)O)C1)c(=O)[nH]n2C.Cl.Cl. The van der Waals surface area contributed by atoms with Crippen LogP contribution in [0, 0.1) is 19.8 Å². The Morgan fingerprint density at radius 1 is 1.30 bits per heavy atom. The fourth-order valence-corrected chi connectivity index (χ4v) is 3.59. The molecule has 3 heterocycles. The molecule has 0 radical (unpaired) electrons. The third kappa shape index (κ3) is 4.27. The number of nitrogens with one attached hydrogen (secondary N) is 1. The molecule has 10 heteroatoms. The number of hydrogen-bond acceptors (Lipinski definition) is 4. The highest BCUT2D eigenvalue weighted by Crippen LogP contribution is 2.22. The Morgan fingerprint density at radius 2 is 1.96 bits per heavy atom. The van der Waals surface area contributed by atoms with Crippen molar-refractivity contribution in [2.45, 2.75) is 33.1 Å². The van der Waals surface area contributed by atoms with Crippen LogP contribution in [0.25, 0.3) is 11.0 Å². The van der Waals surface area contributed by atoms with Crippen LogP contribution in [0.2, 0.25) is 0 Å². The first kappa shape index (κ1) is 23.0. The molecule has 1 unspecified atom stereocenters. The predicted molar refractivity (Wildman–Crippen MR) is 106 cm³/mol. The molecule has 1 saturated heterocycles. The first-order valence-electron chi connectivity index (χ1n) is 8.35. The van der Waals surface area contributed by atoms with E-state index in [4.69, 9.17) is 5.11 Å². The third-order valence-corrected chi connectivity index (χ3v) is 5.05. The van der Waals surface area contributed by atoms with Gasteiger partial charge in [-0.2, -0.15) is 0 Å². The van der Waals surface area contributed by atoms with Crippen molar-refractivity contribution < 1.29 is 14.7 Å². The molecule has 8 nitrogen and oxygen atoms in total. The number of likely N-dealkylation sites (tertiary alicyclic amines) is 1. The smallest absolute Gasteiger partial charge is 0.308 e. The number of nitrogens with zero attached hydrogens (tertiary/aromatic N) is 3. The summed E-state index contributed by atoms with van der Waals surface area (Å²) in [5.74, 6) is -1.36. The summed E-state index contributed by atoms with van der Waals surface area (Å²) >= 11 is 0. The van der Waals surface area contributed by atoms with Crippen LogP contribution in [0.3, 0.4) is 0 Å². The minimum Gasteiger partial charge on any atom is -0.481 e. The lowest BCUT2D eigenvalue weighted by Gasteiger charge is -2.17. The molecule has 27 heavy (non-hydrogen) atoms. The van der Waals surface area contributed by atoms with Gasteiger partial charge in [0.2, 0.25) is 5.91 Å². The Bertz CT molecular complexity index is 922. The van der Waals surface area contributed by atoms with Gasteiger partial charge in [0.1, 0.15) is 0 Å². The molecule has 3 rings (SSSR count). The molecule has 1 fully saturated rings. The maximum atomic E-state index is 12.4. The number of rotatable bonds is 4. The molecule has 0 bridgehead atoms. The normalized spacial score (nSPS) is 16.1. The van der Waals surface area contributed by atoms with E-state index in [1.54, 1.807) is 16.6 Å². The molecule has 1 atom stereocenters. The molecular formula is C17H24Cl2N4O4. The molecule has 1 aliphatic heterocycles. The Kier molecular flexibility index (Phi) is 7.45. The number of aryl methyl sites for hydroxylation is 3. The molecule has 2 aromatic heterocycles. The topological polar surface area (TPSA) is 108 Å². The fourth-order valence-electron chi connectivity index (χ4n) is 3.59. The van der Waals surface area contributed by atoms with E-state index in [0.717, 1.165) is 16.8 Å². The fraction of sp³-hybridized carbons (Fsp3) is 0.529. The van der Waals surface area contributed by atoms with Gasteiger partial charge in [-0.15, -0.1) is 24.8 Å². The van der Waals surface area contributed by atoms with E-state index in [1.807, 2.05) is 13.8 Å². The van der Waals surface area contributed by atoms with Crippen molar-refractivity contribution in [3.63, 3.8) is 0 Å². The summed E-state index contributed by atoms with van der Waals surface area (Å²) in [6, 6.07) is 0. The Hall–Kier alpha value is -2.06. The van der Waals surface area contributed by atoms with Crippen LogP contribution in [0.15, 0.2) is 4.79 Å². The lowest BCUT2D eigenvalue weighted by Crippen LogP contribution is -2.30. The Morgan fingerprint density at radius 3 is 2.56 bits per heavy atom. The highest BCUT2D eigenvalue weighted by Gasteiger charge is 2.30. The molecular weight excluding hydrogens is 395 g/mol. The second-order valence-corrected chi connectivity index (χ2v) is 6.66. The van der Waals surface area contributed by atoms with Crippen LogP contribution in [-0.2, 0) is 23.1 Å². The van der Waals surface area contributed by atoms with E-state index in [0.29, 0.717) is 30.4 Å². The van der Waals surface area contributed by atoms with Crippen molar-refractivity contribution in [3.8, 4) is 0 Å². The molecule has 150 valence electrons. The predicted octanol–water partition coefficient (Wildman–Crippen LogP) is 1.59. The summed E-state index contributed by atoms with van der Waals surface area (Å²) < 4.78 is 1.60. The first-order chi connectivity index (χ1) is 11.8. The van der Waals surface area contributed by atoms with Crippen LogP contribution in [0.1, 0.15) is 29.7 Å². The zero-order chi connectivity index (χ0) is 18.3. The maximum Gasteiger partial charge on any atom is 0.308 e. The molecule has 0 saturated carbocycles. The molecule has 0 aromatic carbocycles. The van der Waals surface area contributed by atoms with Gasteiger partial charge < -0.3 is 10.0 Å². The molecule has 2 aromatic rings. The van der Waals surface area contributed by atoms with E-state index in [2.05, 4.69) is 10.1 Å². The van der Waals surface area contributed by atoms with Gasteiger partial charge in [-0.3, -0.25) is 24.2 Å². The van der Waals surface area contributed by atoms with Gasteiger partial charge in [-0.25, -0.2) is 4.98 Å². The number of aromatic amines is 1. The van der Waals surface area contributed by atoms with Crippen LogP contribution in [0.5, 0.6) is 0 Å². The van der Waals surface area contributed by atoms with Gasteiger partial charge in [-0.1, -0.05) is 0 Å². The number of carboxylic acid groups (broad SMARTS) is 1. The van der Waals surface area contributed by atoms with Crippen LogP contribution >= 0.6 is 24.8 Å². The molecule has 0 spiro atoms. The number of aliphatic carboxylic acids is 1. The van der Waals surface area contributed by atoms with Crippen molar-refractivity contribution in [2.24, 2.45) is 13.0 Å². The van der Waals surface area contributed by atoms with E-state index >= 15 is 0 Å². The van der Waals surface area contributed by atoms with Crippen LogP contribution in [0.4, 0.5) is 0 Å². The van der Waals surface area contributed by atoms with Gasteiger partial charge in [-0.05, 0) is 37.8 Å². The monoisotopic (exact) mass is 418 g/mol. The summed E-state index contributed by atoms with van der Waals surface area (Å²) in [6.45, 7) is 4.52. The zero-order valence-corrected chi connectivity index (χ0v) is 17.1. The highest BCUT2D eigenvalue weighted by molar-refractivity contribution is 5.85. The quantitative estimate of drug-likeness (QED) is 0.783. The van der Waals surface area contributed by atoms with Crippen LogP contribution in [-0.4, -0.2) is 49.7 Å². The Labute approximate surface area is 168 Å². The molecule has 0 aliphatic carbocycles. The van der Waals surface area contributed by atoms with Crippen molar-refractivity contribution in [1.82, 2.24) is 19.7 Å². The van der Waals surface area contributed by atoms with E-state index in [9.17, 15) is 14.4 Å². The minimum atomic E-state index is -0.847. The standard InChI is InChI=1S/C17H22N4O4.2ClH/c1-9-12(10(2)18-15-14(9)16(23)19-20(15)3)4-5-13(22)21-7-6-11(8-21)17(24)25;;/h11H,4-8H2,1-3H3,(H,19,23)(H,24,25);2*1H. The number of carbonyl (C=O) groups excluding carboxylic acids is 1. The van der Waals surface area contributed by atoms with Crippen molar-refractivity contribution in [3.05, 3.63) is 27.2 Å². The average molecular weight is 419 g/mol. The average Bonchev–Trinajstić information content (AvgIpc) is 3.13. The number of hydrogen-bond donors (Lipinski definition) is 2. The first-order valence-corrected chi connectivity index (χ1v) is 8.35. The maximum absolute atomic E-state index is 12.4. The van der Waals surface area contributed by atoms with Crippen molar-refractivity contribution in [2.75, 3.05) is 13.1 Å². The lowest BCUT2D eigenvalue weighted by molar-refractivity contribution is -0.141. The second-order valence-electron chi connectivity index (χ2n) is 6.66. The van der Waals surface area contributed by atoms with Gasteiger partial charge in [0, 0.05) is 32.3 Å². The molecule has 1 amide bonds. The van der Waals surface area contributed by atoms with Gasteiger partial charge in [0.05, 0.1) is 11.3 Å². The number of H-pyrrole nitrogens is 1. The summed E-state index contributed by atoms with van der Waals surface area (Å²) in [6.07, 6.45) is 1.28. The number of fused-ring (bicyclic) bond motifs is 1. The summed E-state index contributed by atoms with van der Waals surface area (Å²) in [5.41, 5.74) is 2.99. The third-order valence-electron chi connectivity index (χ3n) is 5.05. The van der Waals surface area contributed by atoms with Gasteiger partial charge in [0.25, 0.3) is 5.56 Å². The number of carbonyl (C=O) groups is 2. The van der Waals surface area contributed by atoms with Crippen molar-refractivity contribution >= 4 is 47.7 Å². The van der Waals surface area contributed by atoms with Crippen molar-refractivity contribution in [1.29, 1.82) is 0 Å².